The first kappa shape index (κ1) is 18.4. The van der Waals surface area contributed by atoms with Crippen molar-refractivity contribution in [3.63, 3.8) is 0 Å². The molecular weight excluding hydrogens is 352 g/mol. The molecular formula is C19H22N2O4S. The SMILES string of the molecule is CCn1c(=O)oc2cc(S(=O)(=O)NC(C)(C)Cc3ccccc3)ccc21. The van der Waals surface area contributed by atoms with Crippen molar-refractivity contribution in [3.05, 3.63) is 64.6 Å². The molecule has 2 aromatic carbocycles. The molecule has 1 aromatic heterocycles. The molecule has 0 saturated heterocycles. The maximum Gasteiger partial charge on any atom is 0.419 e. The van der Waals surface area contributed by atoms with E-state index in [9.17, 15) is 13.2 Å². The zero-order chi connectivity index (χ0) is 18.9. The Labute approximate surface area is 152 Å². The number of nitrogens with one attached hydrogen (secondary N) is 1. The Morgan fingerprint density at radius 2 is 1.81 bits per heavy atom. The van der Waals surface area contributed by atoms with Gasteiger partial charge in [-0.15, -0.1) is 0 Å². The molecule has 7 heteroatoms. The fraction of sp³-hybridized carbons (Fsp3) is 0.316. The summed E-state index contributed by atoms with van der Waals surface area (Å²) in [5.74, 6) is -0.491. The highest BCUT2D eigenvalue weighted by molar-refractivity contribution is 7.89. The molecule has 0 atom stereocenters. The number of aromatic nitrogens is 1. The molecule has 1 N–H and O–H groups in total. The molecule has 0 spiro atoms. The molecule has 3 aromatic rings. The first-order valence-corrected chi connectivity index (χ1v) is 9.91. The second-order valence-corrected chi connectivity index (χ2v) is 8.58. The Hall–Kier alpha value is -2.38. The summed E-state index contributed by atoms with van der Waals surface area (Å²) in [7, 11) is -3.76. The molecule has 0 amide bonds. The van der Waals surface area contributed by atoms with Crippen LogP contribution < -0.4 is 10.5 Å². The van der Waals surface area contributed by atoms with E-state index in [0.29, 0.717) is 18.5 Å². The molecule has 0 fully saturated rings. The van der Waals surface area contributed by atoms with Crippen molar-refractivity contribution in [1.29, 1.82) is 0 Å². The van der Waals surface area contributed by atoms with Crippen molar-refractivity contribution in [2.75, 3.05) is 0 Å². The number of hydrogen-bond donors (Lipinski definition) is 1. The minimum atomic E-state index is -3.76. The summed E-state index contributed by atoms with van der Waals surface area (Å²) in [5, 5.41) is 0. The van der Waals surface area contributed by atoms with E-state index in [1.54, 1.807) is 6.07 Å². The van der Waals surface area contributed by atoms with E-state index < -0.39 is 21.3 Å². The van der Waals surface area contributed by atoms with Gasteiger partial charge >= 0.3 is 5.76 Å². The number of nitrogens with zero attached hydrogens (tertiary/aromatic N) is 1. The third kappa shape index (κ3) is 3.73. The van der Waals surface area contributed by atoms with Gasteiger partial charge in [-0.3, -0.25) is 4.57 Å². The first-order valence-electron chi connectivity index (χ1n) is 8.43. The minimum absolute atomic E-state index is 0.0724. The van der Waals surface area contributed by atoms with Crippen LogP contribution in [0.3, 0.4) is 0 Å². The van der Waals surface area contributed by atoms with Gasteiger partial charge in [-0.2, -0.15) is 0 Å². The van der Waals surface area contributed by atoms with E-state index in [1.165, 1.54) is 16.7 Å². The maximum absolute atomic E-state index is 12.8. The summed E-state index contributed by atoms with van der Waals surface area (Å²) < 4.78 is 35.0. The van der Waals surface area contributed by atoms with Crippen LogP contribution in [0.5, 0.6) is 0 Å². The molecule has 3 rings (SSSR count). The number of aryl methyl sites for hydroxylation is 1. The Morgan fingerprint density at radius 3 is 2.46 bits per heavy atom. The predicted octanol–water partition coefficient (Wildman–Crippen LogP) is 2.91. The number of sulfonamides is 1. The van der Waals surface area contributed by atoms with E-state index >= 15 is 0 Å². The van der Waals surface area contributed by atoms with E-state index in [2.05, 4.69) is 4.72 Å². The molecule has 0 aliphatic rings. The van der Waals surface area contributed by atoms with E-state index in [-0.39, 0.29) is 10.5 Å². The molecule has 0 radical (unpaired) electrons. The number of benzene rings is 2. The highest BCUT2D eigenvalue weighted by atomic mass is 32.2. The fourth-order valence-corrected chi connectivity index (χ4v) is 4.51. The standard InChI is InChI=1S/C19H22N2O4S/c1-4-21-16-11-10-15(12-17(16)25-18(21)22)26(23,24)20-19(2,3)13-14-8-6-5-7-9-14/h5-12,20H,4,13H2,1-3H3. The van der Waals surface area contributed by atoms with E-state index in [1.807, 2.05) is 51.1 Å². The zero-order valence-corrected chi connectivity index (χ0v) is 15.8. The van der Waals surface area contributed by atoms with Crippen LogP contribution in [0.2, 0.25) is 0 Å². The number of hydrogen-bond acceptors (Lipinski definition) is 4. The van der Waals surface area contributed by atoms with Gasteiger partial charge in [0.15, 0.2) is 5.58 Å². The average molecular weight is 374 g/mol. The lowest BCUT2D eigenvalue weighted by Gasteiger charge is -2.26. The predicted molar refractivity (Wildman–Crippen MR) is 101 cm³/mol. The van der Waals surface area contributed by atoms with Gasteiger partial charge < -0.3 is 4.42 Å². The van der Waals surface area contributed by atoms with Gasteiger partial charge in [0.05, 0.1) is 10.4 Å². The van der Waals surface area contributed by atoms with Gasteiger partial charge in [-0.05, 0) is 44.9 Å². The third-order valence-electron chi connectivity index (χ3n) is 4.17. The van der Waals surface area contributed by atoms with Crippen LogP contribution in [-0.2, 0) is 23.0 Å². The topological polar surface area (TPSA) is 81.3 Å². The van der Waals surface area contributed by atoms with Gasteiger partial charge in [0.2, 0.25) is 10.0 Å². The van der Waals surface area contributed by atoms with Crippen LogP contribution in [0, 0.1) is 0 Å². The Kier molecular flexibility index (Phi) is 4.77. The van der Waals surface area contributed by atoms with Gasteiger partial charge in [0.1, 0.15) is 0 Å². The maximum atomic E-state index is 12.8. The smallest absolute Gasteiger partial charge is 0.408 e. The summed E-state index contributed by atoms with van der Waals surface area (Å²) in [5.41, 5.74) is 1.22. The monoisotopic (exact) mass is 374 g/mol. The zero-order valence-electron chi connectivity index (χ0n) is 15.0. The Morgan fingerprint density at radius 1 is 1.12 bits per heavy atom. The molecule has 0 bridgehead atoms. The Balaban J connectivity index is 1.90. The van der Waals surface area contributed by atoms with Crippen molar-refractivity contribution >= 4 is 21.1 Å². The van der Waals surface area contributed by atoms with E-state index in [0.717, 1.165) is 5.56 Å². The molecule has 1 heterocycles. The fourth-order valence-electron chi connectivity index (χ4n) is 3.08. The molecule has 138 valence electrons. The highest BCUT2D eigenvalue weighted by Gasteiger charge is 2.27. The second-order valence-electron chi connectivity index (χ2n) is 6.89. The molecule has 0 aliphatic carbocycles. The summed E-state index contributed by atoms with van der Waals surface area (Å²) in [6.07, 6.45) is 0.552. The van der Waals surface area contributed by atoms with Crippen molar-refractivity contribution < 1.29 is 12.8 Å². The summed E-state index contributed by atoms with van der Waals surface area (Å²) in [6, 6.07) is 14.2. The number of oxazole rings is 1. The van der Waals surface area contributed by atoms with Crippen LogP contribution in [0.1, 0.15) is 26.3 Å². The quantitative estimate of drug-likeness (QED) is 0.719. The normalized spacial score (nSPS) is 12.6. The van der Waals surface area contributed by atoms with Gasteiger partial charge in [-0.1, -0.05) is 30.3 Å². The first-order chi connectivity index (χ1) is 12.2. The largest absolute Gasteiger partial charge is 0.419 e. The van der Waals surface area contributed by atoms with Crippen LogP contribution in [0.25, 0.3) is 11.1 Å². The van der Waals surface area contributed by atoms with Crippen LogP contribution in [0.15, 0.2) is 62.6 Å². The second kappa shape index (κ2) is 6.74. The van der Waals surface area contributed by atoms with Crippen molar-refractivity contribution in [1.82, 2.24) is 9.29 Å². The van der Waals surface area contributed by atoms with E-state index in [4.69, 9.17) is 4.42 Å². The summed E-state index contributed by atoms with van der Waals surface area (Å²) in [4.78, 5) is 11.9. The molecule has 0 saturated carbocycles. The molecule has 6 nitrogen and oxygen atoms in total. The van der Waals surface area contributed by atoms with Crippen LogP contribution in [-0.4, -0.2) is 18.5 Å². The van der Waals surface area contributed by atoms with Gasteiger partial charge in [-0.25, -0.2) is 17.9 Å². The summed E-state index contributed by atoms with van der Waals surface area (Å²) in [6.45, 7) is 5.96. The molecule has 0 unspecified atom stereocenters. The Bertz CT molecular complexity index is 1080. The van der Waals surface area contributed by atoms with Crippen molar-refractivity contribution in [2.24, 2.45) is 0 Å². The van der Waals surface area contributed by atoms with Gasteiger partial charge in [0, 0.05) is 18.2 Å². The number of rotatable bonds is 6. The lowest BCUT2D eigenvalue weighted by atomic mass is 9.96. The summed E-state index contributed by atoms with van der Waals surface area (Å²) >= 11 is 0. The van der Waals surface area contributed by atoms with Crippen LogP contribution >= 0.6 is 0 Å². The third-order valence-corrected chi connectivity index (χ3v) is 5.86. The van der Waals surface area contributed by atoms with Gasteiger partial charge in [0.25, 0.3) is 0 Å². The number of fused-ring (bicyclic) bond motifs is 1. The van der Waals surface area contributed by atoms with Crippen molar-refractivity contribution in [3.8, 4) is 0 Å². The minimum Gasteiger partial charge on any atom is -0.408 e. The highest BCUT2D eigenvalue weighted by Crippen LogP contribution is 2.21. The molecule has 26 heavy (non-hydrogen) atoms. The lowest BCUT2D eigenvalue weighted by molar-refractivity contribution is 0.450. The molecule has 0 aliphatic heterocycles. The average Bonchev–Trinajstić information content (AvgIpc) is 2.88. The van der Waals surface area contributed by atoms with Crippen LogP contribution in [0.4, 0.5) is 0 Å². The lowest BCUT2D eigenvalue weighted by Crippen LogP contribution is -2.44. The van der Waals surface area contributed by atoms with Crippen molar-refractivity contribution in [2.45, 2.75) is 44.2 Å².